The van der Waals surface area contributed by atoms with E-state index in [0.717, 1.165) is 5.69 Å². The fraction of sp³-hybridized carbons (Fsp3) is 0.583. The average molecular weight is 236 g/mol. The predicted octanol–water partition coefficient (Wildman–Crippen LogP) is 2.08. The van der Waals surface area contributed by atoms with E-state index in [1.54, 1.807) is 6.20 Å². The van der Waals surface area contributed by atoms with Crippen molar-refractivity contribution >= 4 is 10.2 Å². The maximum atomic E-state index is 5.71. The van der Waals surface area contributed by atoms with Crippen LogP contribution in [-0.4, -0.2) is 33.7 Å². The summed E-state index contributed by atoms with van der Waals surface area (Å²) in [6, 6.07) is 5.78. The van der Waals surface area contributed by atoms with Crippen LogP contribution in [0.4, 0.5) is 0 Å². The molecule has 16 heavy (non-hydrogen) atoms. The van der Waals surface area contributed by atoms with Gasteiger partial charge in [-0.15, -0.1) is 0 Å². The summed E-state index contributed by atoms with van der Waals surface area (Å²) in [5.74, 6) is 0. The second-order valence-electron chi connectivity index (χ2n) is 3.63. The summed E-state index contributed by atoms with van der Waals surface area (Å²) < 4.78 is 11.4. The number of hydrogen-bond donors (Lipinski definition) is 0. The maximum absolute atomic E-state index is 5.71. The van der Waals surface area contributed by atoms with E-state index in [2.05, 4.69) is 15.2 Å². The lowest BCUT2D eigenvalue weighted by Gasteiger charge is -2.33. The first-order valence-corrected chi connectivity index (χ1v) is 6.03. The van der Waals surface area contributed by atoms with Crippen molar-refractivity contribution in [2.24, 2.45) is 0 Å². The molecule has 0 saturated carbocycles. The molecule has 0 amide bonds. The third kappa shape index (κ3) is 3.40. The molecule has 0 aliphatic rings. The minimum absolute atomic E-state index is 0.213. The molecule has 2 atom stereocenters. The molecule has 1 aromatic rings. The number of nitrogens with zero attached hydrogens (tertiary/aromatic N) is 1. The zero-order valence-corrected chi connectivity index (χ0v) is 11.1. The van der Waals surface area contributed by atoms with E-state index in [9.17, 15) is 0 Å². The SMILES string of the molecule is CCOC(c1ccccn1)C(C)([Si])OCC. The van der Waals surface area contributed by atoms with Crippen molar-refractivity contribution in [2.45, 2.75) is 32.1 Å². The van der Waals surface area contributed by atoms with E-state index in [-0.39, 0.29) is 6.10 Å². The highest BCUT2D eigenvalue weighted by atomic mass is 28.1. The first kappa shape index (κ1) is 13.4. The van der Waals surface area contributed by atoms with Gasteiger partial charge in [-0.1, -0.05) is 6.07 Å². The highest BCUT2D eigenvalue weighted by molar-refractivity contribution is 6.14. The van der Waals surface area contributed by atoms with Crippen LogP contribution >= 0.6 is 0 Å². The van der Waals surface area contributed by atoms with E-state index in [4.69, 9.17) is 9.47 Å². The number of hydrogen-bond acceptors (Lipinski definition) is 3. The minimum Gasteiger partial charge on any atom is -0.377 e. The topological polar surface area (TPSA) is 31.4 Å². The number of ether oxygens (including phenoxy) is 2. The molecule has 2 unspecified atom stereocenters. The monoisotopic (exact) mass is 236 g/mol. The van der Waals surface area contributed by atoms with Crippen LogP contribution in [0.15, 0.2) is 24.4 Å². The Kier molecular flexibility index (Phi) is 5.11. The second-order valence-corrected chi connectivity index (χ2v) is 4.62. The summed E-state index contributed by atoms with van der Waals surface area (Å²) in [6.07, 6.45) is 1.55. The van der Waals surface area contributed by atoms with Crippen molar-refractivity contribution in [1.29, 1.82) is 0 Å². The van der Waals surface area contributed by atoms with Crippen LogP contribution in [0.2, 0.25) is 0 Å². The highest BCUT2D eigenvalue weighted by Gasteiger charge is 2.32. The Morgan fingerprint density at radius 3 is 2.62 bits per heavy atom. The van der Waals surface area contributed by atoms with Gasteiger partial charge in [0, 0.05) is 19.4 Å². The van der Waals surface area contributed by atoms with Crippen LogP contribution in [0.1, 0.15) is 32.6 Å². The molecule has 3 radical (unpaired) electrons. The molecule has 0 aromatic carbocycles. The van der Waals surface area contributed by atoms with Gasteiger partial charge in [-0.2, -0.15) is 0 Å². The van der Waals surface area contributed by atoms with Gasteiger partial charge in [-0.05, 0) is 32.9 Å². The van der Waals surface area contributed by atoms with Crippen LogP contribution in [0.3, 0.4) is 0 Å². The van der Waals surface area contributed by atoms with Crippen LogP contribution in [0, 0.1) is 0 Å². The first-order chi connectivity index (χ1) is 7.61. The van der Waals surface area contributed by atoms with Gasteiger partial charge in [0.1, 0.15) is 6.10 Å². The fourth-order valence-electron chi connectivity index (χ4n) is 1.60. The molecule has 4 heteroatoms. The van der Waals surface area contributed by atoms with Crippen LogP contribution in [0.25, 0.3) is 0 Å². The Labute approximate surface area is 101 Å². The largest absolute Gasteiger partial charge is 0.377 e. The normalized spacial score (nSPS) is 16.8. The third-order valence-electron chi connectivity index (χ3n) is 2.23. The second kappa shape index (κ2) is 6.13. The van der Waals surface area contributed by atoms with Crippen molar-refractivity contribution in [1.82, 2.24) is 4.98 Å². The van der Waals surface area contributed by atoms with Crippen molar-refractivity contribution < 1.29 is 9.47 Å². The highest BCUT2D eigenvalue weighted by Crippen LogP contribution is 2.28. The molecule has 0 saturated heterocycles. The van der Waals surface area contributed by atoms with E-state index < -0.39 is 5.22 Å². The Morgan fingerprint density at radius 1 is 1.38 bits per heavy atom. The van der Waals surface area contributed by atoms with E-state index >= 15 is 0 Å². The van der Waals surface area contributed by atoms with E-state index in [0.29, 0.717) is 13.2 Å². The fourth-order valence-corrected chi connectivity index (χ4v) is 1.98. The summed E-state index contributed by atoms with van der Waals surface area (Å²) in [7, 11) is 3.62. The number of pyridine rings is 1. The molecular weight excluding hydrogens is 218 g/mol. The Balaban J connectivity index is 2.90. The molecule has 0 spiro atoms. The zero-order chi connectivity index (χ0) is 12.0. The maximum Gasteiger partial charge on any atom is 0.124 e. The molecule has 1 aromatic heterocycles. The average Bonchev–Trinajstić information content (AvgIpc) is 2.27. The molecule has 0 aliphatic carbocycles. The Bertz CT molecular complexity index is 303. The molecule has 0 fully saturated rings. The summed E-state index contributed by atoms with van der Waals surface area (Å²) in [6.45, 7) is 7.11. The molecule has 1 rings (SSSR count). The van der Waals surface area contributed by atoms with Crippen LogP contribution in [0.5, 0.6) is 0 Å². The molecule has 0 N–H and O–H groups in total. The molecule has 0 aliphatic heterocycles. The van der Waals surface area contributed by atoms with E-state index in [1.165, 1.54) is 0 Å². The first-order valence-electron chi connectivity index (χ1n) is 5.53. The van der Waals surface area contributed by atoms with Gasteiger partial charge in [0.25, 0.3) is 0 Å². The molecular formula is C12H18NO2Si. The number of aromatic nitrogens is 1. The van der Waals surface area contributed by atoms with Gasteiger partial charge in [-0.3, -0.25) is 4.98 Å². The molecule has 3 nitrogen and oxygen atoms in total. The van der Waals surface area contributed by atoms with E-state index in [1.807, 2.05) is 39.0 Å². The van der Waals surface area contributed by atoms with Crippen molar-refractivity contribution in [2.75, 3.05) is 13.2 Å². The van der Waals surface area contributed by atoms with Crippen molar-refractivity contribution in [3.63, 3.8) is 0 Å². The summed E-state index contributed by atoms with van der Waals surface area (Å²) >= 11 is 0. The van der Waals surface area contributed by atoms with Crippen LogP contribution in [-0.2, 0) is 9.47 Å². The summed E-state index contributed by atoms with van der Waals surface area (Å²) in [5, 5.41) is -0.556. The lowest BCUT2D eigenvalue weighted by molar-refractivity contribution is -0.0883. The summed E-state index contributed by atoms with van der Waals surface area (Å²) in [4.78, 5) is 4.31. The number of rotatable bonds is 6. The molecule has 87 valence electrons. The van der Waals surface area contributed by atoms with Gasteiger partial charge in [-0.25, -0.2) is 0 Å². The minimum atomic E-state index is -0.556. The molecule has 0 bridgehead atoms. The smallest absolute Gasteiger partial charge is 0.124 e. The third-order valence-corrected chi connectivity index (χ3v) is 2.64. The zero-order valence-electron chi connectivity index (χ0n) is 10.1. The van der Waals surface area contributed by atoms with Gasteiger partial charge in [0.05, 0.1) is 21.2 Å². The van der Waals surface area contributed by atoms with Crippen LogP contribution < -0.4 is 0 Å². The summed E-state index contributed by atoms with van der Waals surface area (Å²) in [5.41, 5.74) is 0.871. The quantitative estimate of drug-likeness (QED) is 0.709. The Hall–Kier alpha value is -0.713. The van der Waals surface area contributed by atoms with Gasteiger partial charge in [0.15, 0.2) is 0 Å². The predicted molar refractivity (Wildman–Crippen MR) is 64.4 cm³/mol. The standard InChI is InChI=1S/C12H18NO2Si/c1-4-14-11(12(3,16)15-5-2)10-8-6-7-9-13-10/h6-9,11H,4-5H2,1-3H3. The van der Waals surface area contributed by atoms with Gasteiger partial charge < -0.3 is 9.47 Å². The van der Waals surface area contributed by atoms with Gasteiger partial charge >= 0.3 is 0 Å². The van der Waals surface area contributed by atoms with Crippen molar-refractivity contribution in [3.8, 4) is 0 Å². The van der Waals surface area contributed by atoms with Gasteiger partial charge in [0.2, 0.25) is 0 Å². The van der Waals surface area contributed by atoms with Crippen molar-refractivity contribution in [3.05, 3.63) is 30.1 Å². The Morgan fingerprint density at radius 2 is 2.12 bits per heavy atom. The lowest BCUT2D eigenvalue weighted by atomic mass is 10.1. The molecule has 1 heterocycles. The lowest BCUT2D eigenvalue weighted by Crippen LogP contribution is -2.38.